The Balaban J connectivity index is 2.34. The van der Waals surface area contributed by atoms with Crippen molar-refractivity contribution in [1.82, 2.24) is 4.72 Å². The Morgan fingerprint density at radius 1 is 1.24 bits per heavy atom. The molecule has 1 aromatic heterocycles. The van der Waals surface area contributed by atoms with Gasteiger partial charge in [0.1, 0.15) is 16.4 Å². The van der Waals surface area contributed by atoms with Crippen molar-refractivity contribution < 1.29 is 17.9 Å². The highest BCUT2D eigenvalue weighted by Gasteiger charge is 2.22. The van der Waals surface area contributed by atoms with E-state index in [4.69, 9.17) is 21.1 Å². The summed E-state index contributed by atoms with van der Waals surface area (Å²) in [5.41, 5.74) is 0. The second kappa shape index (κ2) is 6.65. The fraction of sp³-hybridized carbons (Fsp3) is 0.231. The second-order valence-electron chi connectivity index (χ2n) is 4.04. The number of thiophene rings is 1. The van der Waals surface area contributed by atoms with Crippen LogP contribution in [-0.2, 0) is 16.6 Å². The molecule has 2 rings (SSSR count). The van der Waals surface area contributed by atoms with Gasteiger partial charge >= 0.3 is 0 Å². The Kier molecular flexibility index (Phi) is 5.10. The first-order valence-electron chi connectivity index (χ1n) is 5.91. The minimum Gasteiger partial charge on any atom is -0.495 e. The van der Waals surface area contributed by atoms with Crippen molar-refractivity contribution in [2.75, 3.05) is 14.2 Å². The summed E-state index contributed by atoms with van der Waals surface area (Å²) in [5, 5.41) is 2.17. The molecule has 21 heavy (non-hydrogen) atoms. The second-order valence-corrected chi connectivity index (χ2v) is 7.22. The van der Waals surface area contributed by atoms with Crippen molar-refractivity contribution in [2.24, 2.45) is 0 Å². The largest absolute Gasteiger partial charge is 0.495 e. The molecule has 0 atom stereocenters. The van der Waals surface area contributed by atoms with Crippen molar-refractivity contribution in [1.29, 1.82) is 0 Å². The highest BCUT2D eigenvalue weighted by molar-refractivity contribution is 7.89. The zero-order valence-corrected chi connectivity index (χ0v) is 13.8. The molecule has 0 radical (unpaired) electrons. The van der Waals surface area contributed by atoms with Crippen LogP contribution in [0.5, 0.6) is 11.5 Å². The smallest absolute Gasteiger partial charge is 0.244 e. The van der Waals surface area contributed by atoms with Crippen LogP contribution in [-0.4, -0.2) is 22.6 Å². The predicted molar refractivity (Wildman–Crippen MR) is 82.9 cm³/mol. The van der Waals surface area contributed by atoms with Crippen LogP contribution < -0.4 is 14.2 Å². The molecule has 1 heterocycles. The number of hydrogen-bond donors (Lipinski definition) is 1. The number of benzene rings is 1. The average molecular weight is 348 g/mol. The van der Waals surface area contributed by atoms with Crippen LogP contribution >= 0.6 is 22.9 Å². The maximum Gasteiger partial charge on any atom is 0.244 e. The maximum atomic E-state index is 12.4. The molecule has 0 spiro atoms. The number of methoxy groups -OCH3 is 2. The predicted octanol–water partition coefficient (Wildman–Crippen LogP) is 2.90. The summed E-state index contributed by atoms with van der Waals surface area (Å²) < 4.78 is 37.5. The van der Waals surface area contributed by atoms with Crippen molar-refractivity contribution in [3.05, 3.63) is 39.5 Å². The molecule has 1 N–H and O–H groups in total. The van der Waals surface area contributed by atoms with Crippen LogP contribution in [0, 0.1) is 0 Å². The summed E-state index contributed by atoms with van der Waals surface area (Å²) in [6.45, 7) is 0.216. The normalized spacial score (nSPS) is 11.4. The summed E-state index contributed by atoms with van der Waals surface area (Å²) in [5.74, 6) is 0.438. The van der Waals surface area contributed by atoms with Crippen molar-refractivity contribution in [3.8, 4) is 11.5 Å². The van der Waals surface area contributed by atoms with E-state index in [1.165, 1.54) is 37.7 Å². The lowest BCUT2D eigenvalue weighted by molar-refractivity contribution is 0.392. The van der Waals surface area contributed by atoms with Gasteiger partial charge in [-0.2, -0.15) is 0 Å². The molecule has 1 aromatic carbocycles. The van der Waals surface area contributed by atoms with Gasteiger partial charge in [-0.15, -0.1) is 11.3 Å². The molecular formula is C13H14ClNO4S2. The van der Waals surface area contributed by atoms with E-state index in [0.717, 1.165) is 4.88 Å². The Morgan fingerprint density at radius 3 is 2.52 bits per heavy atom. The molecule has 0 aliphatic rings. The van der Waals surface area contributed by atoms with Crippen molar-refractivity contribution >= 4 is 33.0 Å². The highest BCUT2D eigenvalue weighted by atomic mass is 35.5. The average Bonchev–Trinajstić information content (AvgIpc) is 2.98. The monoisotopic (exact) mass is 347 g/mol. The lowest BCUT2D eigenvalue weighted by atomic mass is 10.3. The number of hydrogen-bond acceptors (Lipinski definition) is 5. The van der Waals surface area contributed by atoms with Crippen LogP contribution in [0.2, 0.25) is 5.02 Å². The molecule has 5 nitrogen and oxygen atoms in total. The maximum absolute atomic E-state index is 12.4. The molecule has 2 aromatic rings. The molecule has 0 fully saturated rings. The Hall–Kier alpha value is -1.28. The summed E-state index contributed by atoms with van der Waals surface area (Å²) in [6.07, 6.45) is 0. The summed E-state index contributed by atoms with van der Waals surface area (Å²) >= 11 is 7.44. The van der Waals surface area contributed by atoms with Gasteiger partial charge in [-0.25, -0.2) is 13.1 Å². The third kappa shape index (κ3) is 3.68. The van der Waals surface area contributed by atoms with E-state index in [2.05, 4.69) is 4.72 Å². The molecule has 0 saturated heterocycles. The van der Waals surface area contributed by atoms with E-state index in [9.17, 15) is 8.42 Å². The van der Waals surface area contributed by atoms with Crippen LogP contribution in [0.1, 0.15) is 4.88 Å². The zero-order chi connectivity index (χ0) is 15.5. The quantitative estimate of drug-likeness (QED) is 0.872. The van der Waals surface area contributed by atoms with Gasteiger partial charge < -0.3 is 9.47 Å². The SMILES string of the molecule is COc1cc(S(=O)(=O)NCc2cccs2)c(OC)cc1Cl. The molecule has 0 unspecified atom stereocenters. The molecule has 114 valence electrons. The molecular weight excluding hydrogens is 334 g/mol. The molecule has 0 aliphatic heterocycles. The van der Waals surface area contributed by atoms with Gasteiger partial charge in [0.25, 0.3) is 0 Å². The standard InChI is InChI=1S/C13H14ClNO4S2/c1-18-11-7-13(12(19-2)6-10(11)14)21(16,17)15-8-9-4-3-5-20-9/h3-7,15H,8H2,1-2H3. The van der Waals surface area contributed by atoms with Gasteiger partial charge in [0.2, 0.25) is 10.0 Å². The number of nitrogens with one attached hydrogen (secondary N) is 1. The lowest BCUT2D eigenvalue weighted by Crippen LogP contribution is -2.23. The van der Waals surface area contributed by atoms with Gasteiger partial charge in [-0.3, -0.25) is 0 Å². The van der Waals surface area contributed by atoms with Crippen LogP contribution in [0.25, 0.3) is 0 Å². The summed E-state index contributed by atoms with van der Waals surface area (Å²) in [6, 6.07) is 6.48. The zero-order valence-electron chi connectivity index (χ0n) is 11.4. The minimum absolute atomic E-state index is 0.0113. The van der Waals surface area contributed by atoms with Crippen molar-refractivity contribution in [2.45, 2.75) is 11.4 Å². The number of sulfonamides is 1. The highest BCUT2D eigenvalue weighted by Crippen LogP contribution is 2.35. The van der Waals surface area contributed by atoms with E-state index in [0.29, 0.717) is 0 Å². The van der Waals surface area contributed by atoms with E-state index in [-0.39, 0.29) is 28.0 Å². The van der Waals surface area contributed by atoms with E-state index >= 15 is 0 Å². The van der Waals surface area contributed by atoms with Gasteiger partial charge in [-0.05, 0) is 11.4 Å². The van der Waals surface area contributed by atoms with Crippen LogP contribution in [0.3, 0.4) is 0 Å². The molecule has 0 aliphatic carbocycles. The van der Waals surface area contributed by atoms with E-state index < -0.39 is 10.0 Å². The Labute approximate surface area is 132 Å². The fourth-order valence-electron chi connectivity index (χ4n) is 1.70. The third-order valence-corrected chi connectivity index (χ3v) is 5.34. The molecule has 0 bridgehead atoms. The third-order valence-electron chi connectivity index (χ3n) is 2.74. The van der Waals surface area contributed by atoms with E-state index in [1.54, 1.807) is 0 Å². The van der Waals surface area contributed by atoms with Crippen LogP contribution in [0.15, 0.2) is 34.5 Å². The molecule has 8 heteroatoms. The molecule has 0 saturated carbocycles. The lowest BCUT2D eigenvalue weighted by Gasteiger charge is -2.13. The summed E-state index contributed by atoms with van der Waals surface area (Å²) in [4.78, 5) is 0.904. The van der Waals surface area contributed by atoms with Gasteiger partial charge in [0, 0.05) is 23.6 Å². The van der Waals surface area contributed by atoms with Gasteiger partial charge in [0.15, 0.2) is 0 Å². The summed E-state index contributed by atoms with van der Waals surface area (Å²) in [7, 11) is -0.930. The van der Waals surface area contributed by atoms with Crippen molar-refractivity contribution in [3.63, 3.8) is 0 Å². The molecule has 0 amide bonds. The van der Waals surface area contributed by atoms with Gasteiger partial charge in [-0.1, -0.05) is 17.7 Å². The van der Waals surface area contributed by atoms with E-state index in [1.807, 2.05) is 17.5 Å². The first kappa shape index (κ1) is 16.1. The number of ether oxygens (including phenoxy) is 2. The first-order chi connectivity index (χ1) is 9.97. The fourth-order valence-corrected chi connectivity index (χ4v) is 3.84. The Bertz CT molecular complexity index is 714. The number of rotatable bonds is 6. The number of halogens is 1. The minimum atomic E-state index is -3.74. The Morgan fingerprint density at radius 2 is 1.95 bits per heavy atom. The van der Waals surface area contributed by atoms with Crippen LogP contribution in [0.4, 0.5) is 0 Å². The first-order valence-corrected chi connectivity index (χ1v) is 8.65. The topological polar surface area (TPSA) is 64.6 Å². The van der Waals surface area contributed by atoms with Gasteiger partial charge in [0.05, 0.1) is 19.2 Å².